The SMILES string of the molecule is CCCCN1CC2(CCCN(C(=O)c3ccc(CO)cc3)C2)CCC1=O. The molecule has 2 aliphatic heterocycles. The minimum absolute atomic E-state index is 0.0110. The molecule has 2 amide bonds. The molecule has 0 aromatic heterocycles. The summed E-state index contributed by atoms with van der Waals surface area (Å²) in [6.07, 6.45) is 5.72. The Morgan fingerprint density at radius 2 is 1.96 bits per heavy atom. The molecule has 5 heteroatoms. The van der Waals surface area contributed by atoms with E-state index in [0.717, 1.165) is 63.8 Å². The van der Waals surface area contributed by atoms with Crippen molar-refractivity contribution in [3.8, 4) is 0 Å². The maximum atomic E-state index is 12.9. The first-order chi connectivity index (χ1) is 12.6. The zero-order chi connectivity index (χ0) is 18.6. The number of rotatable bonds is 5. The molecule has 2 saturated heterocycles. The quantitative estimate of drug-likeness (QED) is 0.880. The van der Waals surface area contributed by atoms with Crippen molar-refractivity contribution in [3.05, 3.63) is 35.4 Å². The smallest absolute Gasteiger partial charge is 0.253 e. The highest BCUT2D eigenvalue weighted by molar-refractivity contribution is 5.94. The van der Waals surface area contributed by atoms with Gasteiger partial charge in [-0.25, -0.2) is 0 Å². The van der Waals surface area contributed by atoms with Crippen LogP contribution >= 0.6 is 0 Å². The third kappa shape index (κ3) is 4.09. The van der Waals surface area contributed by atoms with E-state index < -0.39 is 0 Å². The first kappa shape index (κ1) is 18.9. The molecule has 1 aromatic carbocycles. The maximum absolute atomic E-state index is 12.9. The molecule has 1 atom stereocenters. The molecule has 0 saturated carbocycles. The number of unbranched alkanes of at least 4 members (excludes halogenated alkanes) is 1. The van der Waals surface area contributed by atoms with E-state index in [0.29, 0.717) is 12.0 Å². The lowest BCUT2D eigenvalue weighted by Crippen LogP contribution is -2.55. The van der Waals surface area contributed by atoms with E-state index in [2.05, 4.69) is 6.92 Å². The number of likely N-dealkylation sites (tertiary alicyclic amines) is 2. The summed E-state index contributed by atoms with van der Waals surface area (Å²) in [5.74, 6) is 0.331. The van der Waals surface area contributed by atoms with Crippen molar-refractivity contribution < 1.29 is 14.7 Å². The lowest BCUT2D eigenvalue weighted by molar-refractivity contribution is -0.139. The van der Waals surface area contributed by atoms with Gasteiger partial charge >= 0.3 is 0 Å². The Labute approximate surface area is 156 Å². The van der Waals surface area contributed by atoms with Crippen LogP contribution in [0, 0.1) is 5.41 Å². The number of aliphatic hydroxyl groups excluding tert-OH is 1. The van der Waals surface area contributed by atoms with Gasteiger partial charge in [-0.2, -0.15) is 0 Å². The molecule has 1 unspecified atom stereocenters. The van der Waals surface area contributed by atoms with E-state index in [-0.39, 0.29) is 23.8 Å². The fourth-order valence-corrected chi connectivity index (χ4v) is 4.30. The third-order valence-electron chi connectivity index (χ3n) is 5.86. The van der Waals surface area contributed by atoms with Gasteiger partial charge in [-0.15, -0.1) is 0 Å². The lowest BCUT2D eigenvalue weighted by Gasteiger charge is -2.48. The van der Waals surface area contributed by atoms with Crippen molar-refractivity contribution >= 4 is 11.8 Å². The summed E-state index contributed by atoms with van der Waals surface area (Å²) in [7, 11) is 0. The molecule has 2 heterocycles. The summed E-state index contributed by atoms with van der Waals surface area (Å²) >= 11 is 0. The second kappa shape index (κ2) is 8.21. The van der Waals surface area contributed by atoms with Crippen molar-refractivity contribution in [2.24, 2.45) is 5.41 Å². The molecular formula is C21H30N2O3. The predicted octanol–water partition coefficient (Wildman–Crippen LogP) is 2.82. The molecular weight excluding hydrogens is 328 g/mol. The van der Waals surface area contributed by atoms with E-state index >= 15 is 0 Å². The minimum Gasteiger partial charge on any atom is -0.392 e. The first-order valence-electron chi connectivity index (χ1n) is 9.84. The van der Waals surface area contributed by atoms with Gasteiger partial charge in [0.05, 0.1) is 6.61 Å². The van der Waals surface area contributed by atoms with E-state index in [4.69, 9.17) is 5.11 Å². The zero-order valence-electron chi connectivity index (χ0n) is 15.7. The van der Waals surface area contributed by atoms with Gasteiger partial charge in [0.2, 0.25) is 5.91 Å². The molecule has 2 aliphatic rings. The third-order valence-corrected chi connectivity index (χ3v) is 5.86. The van der Waals surface area contributed by atoms with Crippen molar-refractivity contribution in [1.29, 1.82) is 0 Å². The number of benzene rings is 1. The molecule has 2 fully saturated rings. The average Bonchev–Trinajstić information content (AvgIpc) is 2.68. The van der Waals surface area contributed by atoms with Crippen LogP contribution in [0.5, 0.6) is 0 Å². The highest BCUT2D eigenvalue weighted by atomic mass is 16.3. The van der Waals surface area contributed by atoms with Crippen LogP contribution in [0.3, 0.4) is 0 Å². The van der Waals surface area contributed by atoms with Crippen LogP contribution in [-0.2, 0) is 11.4 Å². The Hall–Kier alpha value is -1.88. The number of carbonyl (C=O) groups is 2. The van der Waals surface area contributed by atoms with E-state index in [1.807, 2.05) is 9.80 Å². The zero-order valence-corrected chi connectivity index (χ0v) is 15.7. The molecule has 1 aromatic rings. The highest BCUT2D eigenvalue weighted by Gasteiger charge is 2.42. The Balaban J connectivity index is 1.69. The molecule has 0 aliphatic carbocycles. The number of carbonyl (C=O) groups excluding carboxylic acids is 2. The lowest BCUT2D eigenvalue weighted by atomic mass is 9.73. The van der Waals surface area contributed by atoms with Gasteiger partial charge in [0.25, 0.3) is 5.91 Å². The maximum Gasteiger partial charge on any atom is 0.253 e. The van der Waals surface area contributed by atoms with Crippen LogP contribution in [0.25, 0.3) is 0 Å². The fraction of sp³-hybridized carbons (Fsp3) is 0.619. The van der Waals surface area contributed by atoms with E-state index in [1.54, 1.807) is 24.3 Å². The molecule has 3 rings (SSSR count). The van der Waals surface area contributed by atoms with E-state index in [9.17, 15) is 9.59 Å². The molecule has 1 N–H and O–H groups in total. The predicted molar refractivity (Wildman–Crippen MR) is 101 cm³/mol. The van der Waals surface area contributed by atoms with Gasteiger partial charge in [0, 0.05) is 43.6 Å². The first-order valence-corrected chi connectivity index (χ1v) is 9.84. The number of nitrogens with zero attached hydrogens (tertiary/aromatic N) is 2. The normalized spacial score (nSPS) is 23.5. The molecule has 0 radical (unpaired) electrons. The topological polar surface area (TPSA) is 60.9 Å². The number of amides is 2. The van der Waals surface area contributed by atoms with Gasteiger partial charge < -0.3 is 14.9 Å². The minimum atomic E-state index is -0.0110. The summed E-state index contributed by atoms with van der Waals surface area (Å²) < 4.78 is 0. The largest absolute Gasteiger partial charge is 0.392 e. The van der Waals surface area contributed by atoms with Gasteiger partial charge in [0.1, 0.15) is 0 Å². The summed E-state index contributed by atoms with van der Waals surface area (Å²) in [5.41, 5.74) is 1.55. The number of hydrogen-bond acceptors (Lipinski definition) is 3. The second-order valence-electron chi connectivity index (χ2n) is 7.85. The summed E-state index contributed by atoms with van der Waals surface area (Å²) in [5, 5.41) is 9.16. The molecule has 26 heavy (non-hydrogen) atoms. The van der Waals surface area contributed by atoms with Crippen LogP contribution in [0.1, 0.15) is 61.4 Å². The summed E-state index contributed by atoms with van der Waals surface area (Å²) in [6, 6.07) is 7.21. The second-order valence-corrected chi connectivity index (χ2v) is 7.85. The monoisotopic (exact) mass is 358 g/mol. The average molecular weight is 358 g/mol. The van der Waals surface area contributed by atoms with Crippen LogP contribution in [0.4, 0.5) is 0 Å². The molecule has 0 bridgehead atoms. The van der Waals surface area contributed by atoms with Gasteiger partial charge in [0.15, 0.2) is 0 Å². The van der Waals surface area contributed by atoms with Crippen LogP contribution in [0.15, 0.2) is 24.3 Å². The number of piperidine rings is 2. The Morgan fingerprint density at radius 3 is 2.65 bits per heavy atom. The number of aliphatic hydroxyl groups is 1. The van der Waals surface area contributed by atoms with Crippen molar-refractivity contribution in [1.82, 2.24) is 9.80 Å². The van der Waals surface area contributed by atoms with Crippen LogP contribution in [-0.4, -0.2) is 52.9 Å². The van der Waals surface area contributed by atoms with Crippen molar-refractivity contribution in [2.75, 3.05) is 26.2 Å². The molecule has 5 nitrogen and oxygen atoms in total. The van der Waals surface area contributed by atoms with Crippen molar-refractivity contribution in [2.45, 2.75) is 52.1 Å². The molecule has 1 spiro atoms. The highest BCUT2D eigenvalue weighted by Crippen LogP contribution is 2.39. The van der Waals surface area contributed by atoms with Gasteiger partial charge in [-0.1, -0.05) is 25.5 Å². The van der Waals surface area contributed by atoms with Crippen LogP contribution in [0.2, 0.25) is 0 Å². The van der Waals surface area contributed by atoms with Gasteiger partial charge in [-0.3, -0.25) is 9.59 Å². The number of hydrogen-bond donors (Lipinski definition) is 1. The Morgan fingerprint density at radius 1 is 1.19 bits per heavy atom. The standard InChI is InChI=1S/C21H30N2O3/c1-2-3-12-22-15-21(11-9-19(22)25)10-4-13-23(16-21)20(26)18-7-5-17(14-24)6-8-18/h5-8,24H,2-4,9-16H2,1H3. The summed E-state index contributed by atoms with van der Waals surface area (Å²) in [6.45, 7) is 5.29. The van der Waals surface area contributed by atoms with E-state index in [1.165, 1.54) is 0 Å². The van der Waals surface area contributed by atoms with Crippen LogP contribution < -0.4 is 0 Å². The van der Waals surface area contributed by atoms with Gasteiger partial charge in [-0.05, 0) is 43.4 Å². The Bertz CT molecular complexity index is 643. The fourth-order valence-electron chi connectivity index (χ4n) is 4.30. The molecule has 142 valence electrons. The Kier molecular flexibility index (Phi) is 5.97. The summed E-state index contributed by atoms with van der Waals surface area (Å²) in [4.78, 5) is 29.2. The van der Waals surface area contributed by atoms with Crippen molar-refractivity contribution in [3.63, 3.8) is 0 Å².